The molecule has 2 heterocycles. The summed E-state index contributed by atoms with van der Waals surface area (Å²) in [6, 6.07) is 16.7. The van der Waals surface area contributed by atoms with Crippen molar-refractivity contribution < 1.29 is 19.1 Å². The van der Waals surface area contributed by atoms with Gasteiger partial charge in [-0.25, -0.2) is 9.64 Å². The van der Waals surface area contributed by atoms with Gasteiger partial charge in [0.05, 0.1) is 12.5 Å². The van der Waals surface area contributed by atoms with E-state index in [1.165, 1.54) is 0 Å². The van der Waals surface area contributed by atoms with E-state index >= 15 is 0 Å². The number of ether oxygens (including phenoxy) is 1. The van der Waals surface area contributed by atoms with Gasteiger partial charge in [-0.15, -0.1) is 0 Å². The first-order valence-corrected chi connectivity index (χ1v) is 14.6. The van der Waals surface area contributed by atoms with Gasteiger partial charge in [0.1, 0.15) is 17.4 Å². The molecule has 0 atom stereocenters. The van der Waals surface area contributed by atoms with Crippen LogP contribution in [0.2, 0.25) is 0 Å². The number of cyclic esters (lactones) is 1. The molecule has 1 aromatic heterocycles. The first-order chi connectivity index (χ1) is 20.1. The number of nitrogens with zero attached hydrogens (tertiary/aromatic N) is 2. The van der Waals surface area contributed by atoms with Crippen LogP contribution in [0, 0.1) is 23.3 Å². The van der Waals surface area contributed by atoms with Crippen LogP contribution in [0.15, 0.2) is 109 Å². The number of halogens is 2. The maximum atomic E-state index is 12.4. The minimum absolute atomic E-state index is 0.0262. The number of carbonyl (C=O) groups excluding carboxylic acids is 1. The molecule has 0 bridgehead atoms. The molecular formula is C34H23Br2N2O4-. The van der Waals surface area contributed by atoms with E-state index in [1.54, 1.807) is 12.2 Å². The van der Waals surface area contributed by atoms with E-state index in [1.807, 2.05) is 66.8 Å². The fourth-order valence-electron chi connectivity index (χ4n) is 5.17. The lowest BCUT2D eigenvalue weighted by Crippen LogP contribution is -2.16. The molecule has 1 aliphatic heterocycles. The fourth-order valence-corrected chi connectivity index (χ4v) is 5.70. The molecule has 3 aromatic rings. The highest BCUT2D eigenvalue weighted by atomic mass is 79.9. The highest BCUT2D eigenvalue weighted by Gasteiger charge is 2.31. The molecule has 1 aliphatic carbocycles. The normalized spacial score (nSPS) is 18.3. The second-order valence-electron chi connectivity index (χ2n) is 10.7. The van der Waals surface area contributed by atoms with Gasteiger partial charge < -0.3 is 14.3 Å². The lowest BCUT2D eigenvalue weighted by molar-refractivity contribution is -0.292. The standard InChI is InChI=1S/C34H24Br2N2O4/c1-34(2)17-20(4-14-27-29(26(19-37)32(39)41-27)22-6-10-24(35)11-7-22)16-21(18-34)5-15-28-30(31(38-3)33(40)42-28)23-8-12-25(36)13-9-23/h4-16,40H,17-18H2,1-2H3/p-1/b15-5+,20-4-,27-14-. The molecule has 0 radical (unpaired) electrons. The van der Waals surface area contributed by atoms with Crippen molar-refractivity contribution in [2.75, 3.05) is 0 Å². The summed E-state index contributed by atoms with van der Waals surface area (Å²) in [5.41, 5.74) is 4.25. The fraction of sp³-hybridized carbons (Fsp3) is 0.147. The van der Waals surface area contributed by atoms with E-state index in [4.69, 9.17) is 15.7 Å². The molecule has 0 saturated heterocycles. The van der Waals surface area contributed by atoms with Crippen LogP contribution in [0.5, 0.6) is 5.95 Å². The second-order valence-corrected chi connectivity index (χ2v) is 12.5. The lowest BCUT2D eigenvalue weighted by Gasteiger charge is -2.30. The summed E-state index contributed by atoms with van der Waals surface area (Å²) in [5, 5.41) is 22.1. The molecule has 2 aliphatic rings. The zero-order chi connectivity index (χ0) is 30.0. The van der Waals surface area contributed by atoms with Gasteiger partial charge in [0.2, 0.25) is 5.69 Å². The highest BCUT2D eigenvalue weighted by Crippen LogP contribution is 2.44. The Hall–Kier alpha value is -4.37. The largest absolute Gasteiger partial charge is 0.590 e. The number of hydrogen-bond donors (Lipinski definition) is 0. The quantitative estimate of drug-likeness (QED) is 0.198. The summed E-state index contributed by atoms with van der Waals surface area (Å²) in [6.45, 7) is 11.9. The Morgan fingerprint density at radius 2 is 1.64 bits per heavy atom. The van der Waals surface area contributed by atoms with E-state index in [9.17, 15) is 15.2 Å². The van der Waals surface area contributed by atoms with E-state index < -0.39 is 11.9 Å². The average molecular weight is 683 g/mol. The van der Waals surface area contributed by atoms with Crippen molar-refractivity contribution in [2.24, 2.45) is 5.41 Å². The van der Waals surface area contributed by atoms with Crippen LogP contribution in [0.3, 0.4) is 0 Å². The number of hydrogen-bond acceptors (Lipinski definition) is 5. The minimum Gasteiger partial charge on any atom is -0.590 e. The van der Waals surface area contributed by atoms with Gasteiger partial charge in [-0.1, -0.05) is 88.2 Å². The van der Waals surface area contributed by atoms with Crippen LogP contribution >= 0.6 is 31.9 Å². The van der Waals surface area contributed by atoms with Gasteiger partial charge >= 0.3 is 5.97 Å². The number of carbonyl (C=O) groups is 1. The molecule has 0 saturated carbocycles. The third-order valence-electron chi connectivity index (χ3n) is 6.91. The van der Waals surface area contributed by atoms with Crippen molar-refractivity contribution in [3.05, 3.63) is 127 Å². The van der Waals surface area contributed by atoms with Gasteiger partial charge in [0, 0.05) is 25.8 Å². The monoisotopic (exact) mass is 681 g/mol. The SMILES string of the molecule is [C-]#[N+]c1c([O-])oc(/C=C/C2=CC(=C/C=C3\OC(=O)C(C#N)=C3c3ccc(Br)cc3)/CC(C)(C)C2)c1-c1ccc(Br)cc1. The Labute approximate surface area is 260 Å². The molecule has 0 fully saturated rings. The molecule has 42 heavy (non-hydrogen) atoms. The minimum atomic E-state index is -0.667. The molecule has 208 valence electrons. The van der Waals surface area contributed by atoms with Gasteiger partial charge in [-0.05, 0) is 76.9 Å². The van der Waals surface area contributed by atoms with E-state index in [0.29, 0.717) is 28.2 Å². The number of benzene rings is 2. The van der Waals surface area contributed by atoms with Gasteiger partial charge in [-0.2, -0.15) is 5.26 Å². The molecular weight excluding hydrogens is 660 g/mol. The van der Waals surface area contributed by atoms with Crippen LogP contribution < -0.4 is 5.11 Å². The van der Waals surface area contributed by atoms with Crippen LogP contribution in [-0.2, 0) is 9.53 Å². The van der Waals surface area contributed by atoms with Crippen molar-refractivity contribution in [3.63, 3.8) is 0 Å². The smallest absolute Gasteiger partial charge is 0.355 e. The number of furan rings is 1. The first-order valence-electron chi connectivity index (χ1n) is 13.0. The Morgan fingerprint density at radius 1 is 1.00 bits per heavy atom. The summed E-state index contributed by atoms with van der Waals surface area (Å²) in [7, 11) is 0. The molecule has 0 unspecified atom stereocenters. The third-order valence-corrected chi connectivity index (χ3v) is 7.96. The third kappa shape index (κ3) is 6.11. The summed E-state index contributed by atoms with van der Waals surface area (Å²) in [4.78, 5) is 15.9. The van der Waals surface area contributed by atoms with Crippen molar-refractivity contribution >= 4 is 55.2 Å². The molecule has 2 aromatic carbocycles. The molecule has 0 N–H and O–H groups in total. The lowest BCUT2D eigenvalue weighted by atomic mass is 9.75. The number of esters is 1. The Bertz CT molecular complexity index is 1820. The molecule has 5 rings (SSSR count). The van der Waals surface area contributed by atoms with Gasteiger partial charge in [0.25, 0.3) is 0 Å². The predicted molar refractivity (Wildman–Crippen MR) is 167 cm³/mol. The molecule has 0 spiro atoms. The first kappa shape index (κ1) is 29.1. The zero-order valence-electron chi connectivity index (χ0n) is 22.7. The van der Waals surface area contributed by atoms with E-state index in [0.717, 1.165) is 38.5 Å². The second kappa shape index (κ2) is 11.9. The van der Waals surface area contributed by atoms with Gasteiger partial charge in [0.15, 0.2) is 0 Å². The van der Waals surface area contributed by atoms with Crippen LogP contribution in [0.25, 0.3) is 27.6 Å². The van der Waals surface area contributed by atoms with E-state index in [-0.39, 0.29) is 16.7 Å². The number of nitriles is 1. The maximum absolute atomic E-state index is 12.4. The Morgan fingerprint density at radius 3 is 2.26 bits per heavy atom. The summed E-state index contributed by atoms with van der Waals surface area (Å²) in [6.07, 6.45) is 10.9. The van der Waals surface area contributed by atoms with Crippen molar-refractivity contribution in [2.45, 2.75) is 26.7 Å². The molecule has 8 heteroatoms. The highest BCUT2D eigenvalue weighted by molar-refractivity contribution is 9.10. The summed E-state index contributed by atoms with van der Waals surface area (Å²) >= 11 is 6.83. The van der Waals surface area contributed by atoms with Crippen LogP contribution in [0.4, 0.5) is 5.69 Å². The zero-order valence-corrected chi connectivity index (χ0v) is 25.9. The van der Waals surface area contributed by atoms with Gasteiger partial charge in [-0.3, -0.25) is 0 Å². The Kier molecular flexibility index (Phi) is 8.22. The molecule has 6 nitrogen and oxygen atoms in total. The van der Waals surface area contributed by atoms with Crippen molar-refractivity contribution in [3.8, 4) is 23.1 Å². The van der Waals surface area contributed by atoms with Crippen LogP contribution in [-0.4, -0.2) is 5.97 Å². The number of allylic oxidation sites excluding steroid dienone is 7. The summed E-state index contributed by atoms with van der Waals surface area (Å²) in [5.74, 6) is -0.675. The molecule has 0 amide bonds. The van der Waals surface area contributed by atoms with Crippen LogP contribution in [0.1, 0.15) is 38.0 Å². The van der Waals surface area contributed by atoms with Crippen molar-refractivity contribution in [1.29, 1.82) is 5.26 Å². The van der Waals surface area contributed by atoms with E-state index in [2.05, 4.69) is 56.6 Å². The topological polar surface area (TPSA) is 90.7 Å². The van der Waals surface area contributed by atoms with Crippen molar-refractivity contribution in [1.82, 2.24) is 0 Å². The maximum Gasteiger partial charge on any atom is 0.355 e. The number of rotatable bonds is 5. The Balaban J connectivity index is 1.50. The summed E-state index contributed by atoms with van der Waals surface area (Å²) < 4.78 is 12.8. The average Bonchev–Trinajstić information content (AvgIpc) is 3.45. The predicted octanol–water partition coefficient (Wildman–Crippen LogP) is 9.20.